The molecule has 0 aromatic heterocycles. The lowest BCUT2D eigenvalue weighted by Crippen LogP contribution is -2.35. The number of carbonyl (C=O) groups is 1. The van der Waals surface area contributed by atoms with Crippen LogP contribution in [-0.2, 0) is 4.74 Å². The summed E-state index contributed by atoms with van der Waals surface area (Å²) in [4.78, 5) is 13.6. The van der Waals surface area contributed by atoms with Crippen LogP contribution in [0.25, 0.3) is 5.57 Å². The first-order valence-electron chi connectivity index (χ1n) is 6.42. The van der Waals surface area contributed by atoms with Gasteiger partial charge >= 0.3 is 6.09 Å². The summed E-state index contributed by atoms with van der Waals surface area (Å²) >= 11 is 5.79. The number of halogens is 1. The zero-order chi connectivity index (χ0) is 14.9. The topological polar surface area (TPSA) is 49.8 Å². The minimum absolute atomic E-state index is 0.0424. The van der Waals surface area contributed by atoms with Crippen LogP contribution in [0.4, 0.5) is 4.79 Å². The normalized spacial score (nSPS) is 15.2. The summed E-state index contributed by atoms with van der Waals surface area (Å²) in [6.07, 6.45) is 1.62. The maximum Gasteiger partial charge on any atom is 0.410 e. The summed E-state index contributed by atoms with van der Waals surface area (Å²) in [7, 11) is 0. The van der Waals surface area contributed by atoms with Crippen LogP contribution in [0.3, 0.4) is 0 Å². The number of rotatable bonds is 1. The van der Waals surface area contributed by atoms with Gasteiger partial charge in [0.1, 0.15) is 11.4 Å². The molecule has 1 aliphatic heterocycles. The molecule has 0 radical (unpaired) electrons. The lowest BCUT2D eigenvalue weighted by atomic mass is 10.1. The van der Waals surface area contributed by atoms with Crippen molar-refractivity contribution in [1.29, 1.82) is 0 Å². The number of amides is 1. The van der Waals surface area contributed by atoms with Crippen molar-refractivity contribution in [3.8, 4) is 5.75 Å². The molecule has 20 heavy (non-hydrogen) atoms. The highest BCUT2D eigenvalue weighted by molar-refractivity contribution is 6.32. The van der Waals surface area contributed by atoms with E-state index >= 15 is 0 Å². The molecule has 0 spiro atoms. The number of aromatic hydroxyl groups is 1. The number of carbonyl (C=O) groups excluding carboxylic acids is 1. The van der Waals surface area contributed by atoms with E-state index in [0.29, 0.717) is 18.1 Å². The molecule has 108 valence electrons. The largest absolute Gasteiger partial charge is 0.506 e. The third-order valence-electron chi connectivity index (χ3n) is 2.89. The Morgan fingerprint density at radius 2 is 2.10 bits per heavy atom. The number of phenolic OH excluding ortho intramolecular Hbond substituents is 1. The Morgan fingerprint density at radius 3 is 2.70 bits per heavy atom. The van der Waals surface area contributed by atoms with Crippen molar-refractivity contribution in [2.75, 3.05) is 13.1 Å². The van der Waals surface area contributed by atoms with E-state index in [9.17, 15) is 9.90 Å². The van der Waals surface area contributed by atoms with Gasteiger partial charge in [0.2, 0.25) is 0 Å². The van der Waals surface area contributed by atoms with Gasteiger partial charge in [-0.15, -0.1) is 0 Å². The minimum atomic E-state index is -0.502. The molecule has 0 aliphatic carbocycles. The number of hydrogen-bond donors (Lipinski definition) is 1. The lowest BCUT2D eigenvalue weighted by Gasteiger charge is -2.24. The van der Waals surface area contributed by atoms with Crippen LogP contribution < -0.4 is 0 Å². The summed E-state index contributed by atoms with van der Waals surface area (Å²) in [6.45, 7) is 6.50. The Morgan fingerprint density at radius 1 is 1.40 bits per heavy atom. The van der Waals surface area contributed by atoms with Gasteiger partial charge < -0.3 is 14.7 Å². The fraction of sp³-hybridized carbons (Fsp3) is 0.400. The Balaban J connectivity index is 2.04. The fourth-order valence-electron chi connectivity index (χ4n) is 1.94. The molecule has 0 atom stereocenters. The summed E-state index contributed by atoms with van der Waals surface area (Å²) < 4.78 is 5.33. The average Bonchev–Trinajstić information content (AvgIpc) is 2.80. The first kappa shape index (κ1) is 14.7. The summed E-state index contributed by atoms with van der Waals surface area (Å²) in [5.41, 5.74) is 1.33. The smallest absolute Gasteiger partial charge is 0.410 e. The molecule has 2 rings (SSSR count). The lowest BCUT2D eigenvalue weighted by molar-refractivity contribution is 0.0306. The quantitative estimate of drug-likeness (QED) is 0.860. The molecular formula is C15H18ClNO3. The van der Waals surface area contributed by atoms with Crippen molar-refractivity contribution in [2.45, 2.75) is 26.4 Å². The predicted molar refractivity (Wildman–Crippen MR) is 78.9 cm³/mol. The molecule has 0 bridgehead atoms. The average molecular weight is 296 g/mol. The first-order chi connectivity index (χ1) is 9.26. The Kier molecular flexibility index (Phi) is 3.95. The molecule has 0 unspecified atom stereocenters. The van der Waals surface area contributed by atoms with Crippen LogP contribution in [0.2, 0.25) is 5.02 Å². The molecule has 1 heterocycles. The van der Waals surface area contributed by atoms with E-state index in [1.54, 1.807) is 17.0 Å². The third-order valence-corrected chi connectivity index (χ3v) is 3.21. The molecule has 0 saturated heterocycles. The molecule has 1 amide bonds. The predicted octanol–water partition coefficient (Wildman–Crippen LogP) is 3.68. The van der Waals surface area contributed by atoms with Gasteiger partial charge in [-0.05, 0) is 44.0 Å². The van der Waals surface area contributed by atoms with Crippen molar-refractivity contribution < 1.29 is 14.6 Å². The van der Waals surface area contributed by atoms with Crippen molar-refractivity contribution in [3.05, 3.63) is 34.9 Å². The fourth-order valence-corrected chi connectivity index (χ4v) is 2.06. The van der Waals surface area contributed by atoms with E-state index in [4.69, 9.17) is 16.3 Å². The zero-order valence-corrected chi connectivity index (χ0v) is 12.6. The van der Waals surface area contributed by atoms with E-state index in [1.807, 2.05) is 32.9 Å². The Hall–Kier alpha value is -1.68. The van der Waals surface area contributed by atoms with Gasteiger partial charge in [0.05, 0.1) is 5.02 Å². The van der Waals surface area contributed by atoms with E-state index < -0.39 is 5.60 Å². The third kappa shape index (κ3) is 3.45. The van der Waals surface area contributed by atoms with Crippen molar-refractivity contribution in [2.24, 2.45) is 0 Å². The van der Waals surface area contributed by atoms with E-state index in [2.05, 4.69) is 0 Å². The molecule has 1 aliphatic rings. The van der Waals surface area contributed by atoms with E-state index in [-0.39, 0.29) is 11.8 Å². The van der Waals surface area contributed by atoms with Crippen LogP contribution in [0.5, 0.6) is 5.75 Å². The molecule has 1 aromatic rings. The minimum Gasteiger partial charge on any atom is -0.506 e. The van der Waals surface area contributed by atoms with E-state index in [0.717, 1.165) is 11.1 Å². The van der Waals surface area contributed by atoms with E-state index in [1.165, 1.54) is 0 Å². The number of hydrogen-bond acceptors (Lipinski definition) is 3. The summed E-state index contributed by atoms with van der Waals surface area (Å²) in [5.74, 6) is 0.0424. The van der Waals surface area contributed by atoms with Crippen molar-refractivity contribution >= 4 is 23.3 Å². The number of nitrogens with zero attached hydrogens (tertiary/aromatic N) is 1. The molecule has 0 saturated carbocycles. The monoisotopic (exact) mass is 295 g/mol. The molecule has 1 N–H and O–H groups in total. The van der Waals surface area contributed by atoms with Gasteiger partial charge in [0, 0.05) is 13.1 Å². The van der Waals surface area contributed by atoms with Gasteiger partial charge in [0.15, 0.2) is 0 Å². The summed E-state index contributed by atoms with van der Waals surface area (Å²) in [6, 6.07) is 5.07. The number of phenols is 1. The van der Waals surface area contributed by atoms with Crippen LogP contribution in [-0.4, -0.2) is 34.8 Å². The Bertz CT molecular complexity index is 561. The van der Waals surface area contributed by atoms with Crippen LogP contribution in [0.1, 0.15) is 26.3 Å². The second-order valence-electron chi connectivity index (χ2n) is 5.76. The van der Waals surface area contributed by atoms with Gasteiger partial charge in [-0.1, -0.05) is 23.7 Å². The highest BCUT2D eigenvalue weighted by Crippen LogP contribution is 2.29. The van der Waals surface area contributed by atoms with Crippen LogP contribution in [0, 0.1) is 0 Å². The SMILES string of the molecule is CC(C)(C)OC(=O)N1CC=C(c2ccc(Cl)c(O)c2)C1. The van der Waals surface area contributed by atoms with Crippen molar-refractivity contribution in [1.82, 2.24) is 4.90 Å². The number of ether oxygens (including phenoxy) is 1. The molecule has 1 aromatic carbocycles. The second kappa shape index (κ2) is 5.37. The molecular weight excluding hydrogens is 278 g/mol. The molecule has 4 nitrogen and oxygen atoms in total. The molecule has 0 fully saturated rings. The van der Waals surface area contributed by atoms with Gasteiger partial charge in [-0.25, -0.2) is 4.79 Å². The van der Waals surface area contributed by atoms with Gasteiger partial charge in [0.25, 0.3) is 0 Å². The zero-order valence-electron chi connectivity index (χ0n) is 11.8. The Labute approximate surface area is 123 Å². The maximum absolute atomic E-state index is 12.0. The second-order valence-corrected chi connectivity index (χ2v) is 6.16. The van der Waals surface area contributed by atoms with Crippen LogP contribution in [0.15, 0.2) is 24.3 Å². The highest BCUT2D eigenvalue weighted by Gasteiger charge is 2.25. The highest BCUT2D eigenvalue weighted by atomic mass is 35.5. The maximum atomic E-state index is 12.0. The van der Waals surface area contributed by atoms with Gasteiger partial charge in [-0.3, -0.25) is 0 Å². The first-order valence-corrected chi connectivity index (χ1v) is 6.80. The van der Waals surface area contributed by atoms with Gasteiger partial charge in [-0.2, -0.15) is 0 Å². The summed E-state index contributed by atoms with van der Waals surface area (Å²) in [5, 5.41) is 9.94. The standard InChI is InChI=1S/C15H18ClNO3/c1-15(2,3)20-14(19)17-7-6-11(9-17)10-4-5-12(16)13(18)8-10/h4-6,8,18H,7,9H2,1-3H3. The van der Waals surface area contributed by atoms with Crippen LogP contribution >= 0.6 is 11.6 Å². The van der Waals surface area contributed by atoms with Crippen molar-refractivity contribution in [3.63, 3.8) is 0 Å². The number of benzene rings is 1. The molecule has 5 heteroatoms.